The molecule has 1 aliphatic heterocycles. The van der Waals surface area contributed by atoms with Crippen LogP contribution in [0.3, 0.4) is 0 Å². The highest BCUT2D eigenvalue weighted by Gasteiger charge is 2.51. The molecule has 5 fully saturated rings. The normalized spacial score (nSPS) is 33.5. The van der Waals surface area contributed by atoms with Gasteiger partial charge in [-0.1, -0.05) is 12.1 Å². The van der Waals surface area contributed by atoms with E-state index in [1.165, 1.54) is 38.5 Å². The molecule has 7 heteroatoms. The van der Waals surface area contributed by atoms with Gasteiger partial charge in [-0.15, -0.1) is 0 Å². The summed E-state index contributed by atoms with van der Waals surface area (Å²) >= 11 is 0. The molecule has 1 aromatic carbocycles. The molecule has 0 radical (unpaired) electrons. The third kappa shape index (κ3) is 4.41. The number of sulfonamides is 1. The van der Waals surface area contributed by atoms with Gasteiger partial charge in [-0.2, -0.15) is 4.31 Å². The highest BCUT2D eigenvalue weighted by molar-refractivity contribution is 7.89. The van der Waals surface area contributed by atoms with Crippen molar-refractivity contribution in [2.24, 2.45) is 23.2 Å². The summed E-state index contributed by atoms with van der Waals surface area (Å²) in [7, 11) is -1.43. The van der Waals surface area contributed by atoms with Crippen LogP contribution in [0.25, 0.3) is 0 Å². The average molecular weight is 446 g/mol. The Hall–Kier alpha value is -1.44. The number of amides is 1. The standard InChI is InChI=1S/C24H35N3O3S/c1-26-6-8-27(9-7-26)31(29,30)22-4-2-18(3-5-22)17-25-23(28)16-24-13-19-10-20(14-24)12-21(11-19)15-24/h2-5,19-21H,6-17H2,1H3,(H,25,28). The van der Waals surface area contributed by atoms with Gasteiger partial charge in [0.05, 0.1) is 4.90 Å². The van der Waals surface area contributed by atoms with E-state index in [1.807, 2.05) is 19.2 Å². The SMILES string of the molecule is CN1CCN(S(=O)(=O)c2ccc(CNC(=O)CC34CC5CC(CC(C5)C3)C4)cc2)CC1. The fraction of sp³-hybridized carbons (Fsp3) is 0.708. The molecule has 5 aliphatic rings. The van der Waals surface area contributed by atoms with Crippen molar-refractivity contribution in [3.8, 4) is 0 Å². The number of rotatable bonds is 6. The average Bonchev–Trinajstić information content (AvgIpc) is 2.71. The number of nitrogens with zero attached hydrogens (tertiary/aromatic N) is 2. The first kappa shape index (κ1) is 21.4. The van der Waals surface area contributed by atoms with Gasteiger partial charge >= 0.3 is 0 Å². The molecule has 0 spiro atoms. The van der Waals surface area contributed by atoms with Gasteiger partial charge in [-0.3, -0.25) is 4.79 Å². The molecule has 0 atom stereocenters. The highest BCUT2D eigenvalue weighted by atomic mass is 32.2. The van der Waals surface area contributed by atoms with Gasteiger partial charge in [0.1, 0.15) is 0 Å². The molecular weight excluding hydrogens is 410 g/mol. The lowest BCUT2D eigenvalue weighted by molar-refractivity contribution is -0.129. The van der Waals surface area contributed by atoms with Gasteiger partial charge in [0.2, 0.25) is 15.9 Å². The highest BCUT2D eigenvalue weighted by Crippen LogP contribution is 2.61. The van der Waals surface area contributed by atoms with E-state index in [-0.39, 0.29) is 11.3 Å². The Morgan fingerprint density at radius 3 is 2.06 bits per heavy atom. The van der Waals surface area contributed by atoms with E-state index in [1.54, 1.807) is 16.4 Å². The minimum atomic E-state index is -3.44. The predicted octanol–water partition coefficient (Wildman–Crippen LogP) is 2.85. The Labute approximate surface area is 186 Å². The van der Waals surface area contributed by atoms with Crippen LogP contribution in [0.1, 0.15) is 50.5 Å². The molecule has 1 amide bonds. The molecule has 0 unspecified atom stereocenters. The van der Waals surface area contributed by atoms with Crippen LogP contribution in [-0.4, -0.2) is 56.8 Å². The zero-order valence-corrected chi connectivity index (χ0v) is 19.4. The minimum Gasteiger partial charge on any atom is -0.352 e. The fourth-order valence-corrected chi connectivity index (χ4v) is 8.49. The molecular formula is C24H35N3O3S. The Kier molecular flexibility index (Phi) is 5.64. The second-order valence-electron chi connectivity index (χ2n) is 10.7. The maximum Gasteiger partial charge on any atom is 0.243 e. The second kappa shape index (κ2) is 8.16. The molecule has 31 heavy (non-hydrogen) atoms. The van der Waals surface area contributed by atoms with Crippen LogP contribution in [0.2, 0.25) is 0 Å². The number of carbonyl (C=O) groups excluding carboxylic acids is 1. The first-order valence-electron chi connectivity index (χ1n) is 11.9. The number of hydrogen-bond donors (Lipinski definition) is 1. The summed E-state index contributed by atoms with van der Waals surface area (Å²) in [6.07, 6.45) is 8.56. The van der Waals surface area contributed by atoms with Gasteiger partial charge in [-0.05, 0) is 86.4 Å². The van der Waals surface area contributed by atoms with Crippen LogP contribution in [0, 0.1) is 23.2 Å². The van der Waals surface area contributed by atoms with Gasteiger partial charge in [0, 0.05) is 39.1 Å². The van der Waals surface area contributed by atoms with Gasteiger partial charge in [-0.25, -0.2) is 8.42 Å². The topological polar surface area (TPSA) is 69.7 Å². The van der Waals surface area contributed by atoms with Crippen molar-refractivity contribution in [1.82, 2.24) is 14.5 Å². The molecule has 1 saturated heterocycles. The molecule has 6 rings (SSSR count). The molecule has 0 aromatic heterocycles. The molecule has 4 bridgehead atoms. The van der Waals surface area contributed by atoms with E-state index >= 15 is 0 Å². The Morgan fingerprint density at radius 1 is 0.968 bits per heavy atom. The van der Waals surface area contributed by atoms with E-state index in [0.29, 0.717) is 31.0 Å². The zero-order valence-electron chi connectivity index (χ0n) is 18.6. The number of carbonyl (C=O) groups is 1. The second-order valence-corrected chi connectivity index (χ2v) is 12.7. The smallest absolute Gasteiger partial charge is 0.243 e. The van der Waals surface area contributed by atoms with Gasteiger partial charge in [0.25, 0.3) is 0 Å². The molecule has 4 aliphatic carbocycles. The summed E-state index contributed by atoms with van der Waals surface area (Å²) in [6, 6.07) is 7.00. The van der Waals surface area contributed by atoms with Crippen LogP contribution in [0.5, 0.6) is 0 Å². The Balaban J connectivity index is 1.16. The number of hydrogen-bond acceptors (Lipinski definition) is 4. The summed E-state index contributed by atoms with van der Waals surface area (Å²) in [6.45, 7) is 3.03. The number of nitrogens with one attached hydrogen (secondary N) is 1. The quantitative estimate of drug-likeness (QED) is 0.731. The number of benzene rings is 1. The van der Waals surface area contributed by atoms with E-state index < -0.39 is 10.0 Å². The number of piperazine rings is 1. The van der Waals surface area contributed by atoms with Crippen LogP contribution in [-0.2, 0) is 21.4 Å². The molecule has 1 aromatic rings. The van der Waals surface area contributed by atoms with Crippen LogP contribution in [0.15, 0.2) is 29.2 Å². The van der Waals surface area contributed by atoms with Crippen molar-refractivity contribution < 1.29 is 13.2 Å². The lowest BCUT2D eigenvalue weighted by Gasteiger charge is -2.56. The van der Waals surface area contributed by atoms with E-state index in [4.69, 9.17) is 0 Å². The van der Waals surface area contributed by atoms with Crippen molar-refractivity contribution in [2.45, 2.75) is 56.4 Å². The van der Waals surface area contributed by atoms with Crippen molar-refractivity contribution in [1.29, 1.82) is 0 Å². The predicted molar refractivity (Wildman–Crippen MR) is 120 cm³/mol. The van der Waals surface area contributed by atoms with E-state index in [2.05, 4.69) is 10.2 Å². The van der Waals surface area contributed by atoms with Crippen LogP contribution >= 0.6 is 0 Å². The maximum atomic E-state index is 12.9. The summed E-state index contributed by atoms with van der Waals surface area (Å²) in [5.41, 5.74) is 1.19. The molecule has 170 valence electrons. The van der Waals surface area contributed by atoms with E-state index in [9.17, 15) is 13.2 Å². The summed E-state index contributed by atoms with van der Waals surface area (Å²) in [5.74, 6) is 2.72. The monoisotopic (exact) mass is 445 g/mol. The van der Waals surface area contributed by atoms with Crippen LogP contribution in [0.4, 0.5) is 0 Å². The Morgan fingerprint density at radius 2 is 1.52 bits per heavy atom. The third-order valence-electron chi connectivity index (χ3n) is 8.21. The maximum absolute atomic E-state index is 12.9. The van der Waals surface area contributed by atoms with Crippen molar-refractivity contribution >= 4 is 15.9 Å². The summed E-state index contributed by atoms with van der Waals surface area (Å²) in [5, 5.41) is 3.10. The first-order valence-corrected chi connectivity index (χ1v) is 13.3. The van der Waals surface area contributed by atoms with Gasteiger partial charge in [0.15, 0.2) is 0 Å². The van der Waals surface area contributed by atoms with E-state index in [0.717, 1.165) is 36.4 Å². The number of likely N-dealkylation sites (N-methyl/N-ethyl adjacent to an activating group) is 1. The Bertz CT molecular complexity index is 885. The summed E-state index contributed by atoms with van der Waals surface area (Å²) < 4.78 is 27.3. The molecule has 1 N–H and O–H groups in total. The van der Waals surface area contributed by atoms with Crippen molar-refractivity contribution in [3.05, 3.63) is 29.8 Å². The lowest BCUT2D eigenvalue weighted by atomic mass is 9.49. The van der Waals surface area contributed by atoms with Gasteiger partial charge < -0.3 is 10.2 Å². The van der Waals surface area contributed by atoms with Crippen molar-refractivity contribution in [3.63, 3.8) is 0 Å². The lowest BCUT2D eigenvalue weighted by Crippen LogP contribution is -2.47. The largest absolute Gasteiger partial charge is 0.352 e. The molecule has 1 heterocycles. The first-order chi connectivity index (χ1) is 14.8. The molecule has 4 saturated carbocycles. The molecule has 6 nitrogen and oxygen atoms in total. The third-order valence-corrected chi connectivity index (χ3v) is 10.1. The minimum absolute atomic E-state index is 0.149. The van der Waals surface area contributed by atoms with Crippen molar-refractivity contribution in [2.75, 3.05) is 33.2 Å². The zero-order chi connectivity index (χ0) is 21.6. The summed E-state index contributed by atoms with van der Waals surface area (Å²) in [4.78, 5) is 15.2. The van der Waals surface area contributed by atoms with Crippen LogP contribution < -0.4 is 5.32 Å². The fourth-order valence-electron chi connectivity index (χ4n) is 7.07.